The first kappa shape index (κ1) is 21.6. The number of anilines is 2. The lowest BCUT2D eigenvalue weighted by Crippen LogP contribution is -2.52. The molecule has 1 aliphatic carbocycles. The Balaban J connectivity index is 1.10. The van der Waals surface area contributed by atoms with Crippen molar-refractivity contribution in [2.45, 2.75) is 51.5 Å². The largest absolute Gasteiger partial charge is 0.352 e. The number of aromatic nitrogens is 2. The maximum atomic E-state index is 12.8. The van der Waals surface area contributed by atoms with Crippen LogP contribution in [0.1, 0.15) is 44.1 Å². The first-order valence-electron chi connectivity index (χ1n) is 12.4. The van der Waals surface area contributed by atoms with Gasteiger partial charge in [0.2, 0.25) is 5.91 Å². The van der Waals surface area contributed by atoms with E-state index in [4.69, 9.17) is 9.97 Å². The summed E-state index contributed by atoms with van der Waals surface area (Å²) in [6.07, 6.45) is 7.91. The molecule has 0 unspecified atom stereocenters. The van der Waals surface area contributed by atoms with Crippen LogP contribution in [0.15, 0.2) is 6.07 Å². The monoisotopic (exact) mass is 484 g/mol. The molecule has 2 aliphatic heterocycles. The normalized spacial score (nSPS) is 20.5. The topological polar surface area (TPSA) is 64.6 Å². The standard InChI is InChI=1S/C24H32N6OS2/c1-16-21-18(14-19-22(16)27-24(33-19)30-8-4-5-9-30)32-23(26-21)25-15-20(31)29-12-10-28(11-13-29)17-6-2-3-7-17/h14,17H,2-13,15H2,1H3,(H,25,26). The van der Waals surface area contributed by atoms with Crippen molar-refractivity contribution in [1.29, 1.82) is 0 Å². The van der Waals surface area contributed by atoms with Gasteiger partial charge < -0.3 is 15.1 Å². The van der Waals surface area contributed by atoms with Gasteiger partial charge in [0, 0.05) is 50.9 Å². The third kappa shape index (κ3) is 4.19. The number of piperazine rings is 1. The molecule has 0 radical (unpaired) electrons. The van der Waals surface area contributed by atoms with Crippen LogP contribution in [0.5, 0.6) is 0 Å². The van der Waals surface area contributed by atoms with Crippen LogP contribution >= 0.6 is 22.7 Å². The average molecular weight is 485 g/mol. The average Bonchev–Trinajstić information content (AvgIpc) is 3.63. The Bertz CT molecular complexity index is 1150. The quantitative estimate of drug-likeness (QED) is 0.582. The van der Waals surface area contributed by atoms with E-state index in [-0.39, 0.29) is 5.91 Å². The second-order valence-electron chi connectivity index (χ2n) is 9.61. The number of benzene rings is 1. The summed E-state index contributed by atoms with van der Waals surface area (Å²) in [6, 6.07) is 2.98. The lowest BCUT2D eigenvalue weighted by molar-refractivity contribution is -0.131. The fourth-order valence-electron chi connectivity index (χ4n) is 5.60. The van der Waals surface area contributed by atoms with Gasteiger partial charge in [-0.3, -0.25) is 9.69 Å². The van der Waals surface area contributed by atoms with Gasteiger partial charge in [-0.05, 0) is 38.7 Å². The van der Waals surface area contributed by atoms with Crippen molar-refractivity contribution in [3.05, 3.63) is 11.6 Å². The van der Waals surface area contributed by atoms with Gasteiger partial charge in [-0.2, -0.15) is 0 Å². The molecule has 2 aromatic heterocycles. The number of nitrogens with one attached hydrogen (secondary N) is 1. The Labute approximate surface area is 202 Å². The Morgan fingerprint density at radius 1 is 0.970 bits per heavy atom. The summed E-state index contributed by atoms with van der Waals surface area (Å²) in [7, 11) is 0. The zero-order valence-corrected chi connectivity index (χ0v) is 20.9. The van der Waals surface area contributed by atoms with E-state index < -0.39 is 0 Å². The van der Waals surface area contributed by atoms with Gasteiger partial charge in [0.05, 0.1) is 27.0 Å². The van der Waals surface area contributed by atoms with Gasteiger partial charge in [0.15, 0.2) is 10.3 Å². The minimum atomic E-state index is 0.176. The molecule has 7 nitrogen and oxygen atoms in total. The van der Waals surface area contributed by atoms with Crippen LogP contribution in [0.4, 0.5) is 10.3 Å². The molecule has 1 saturated carbocycles. The van der Waals surface area contributed by atoms with Crippen LogP contribution in [-0.2, 0) is 4.79 Å². The predicted octanol–water partition coefficient (Wildman–Crippen LogP) is 4.31. The third-order valence-electron chi connectivity index (χ3n) is 7.54. The molecule has 33 heavy (non-hydrogen) atoms. The SMILES string of the molecule is Cc1c2nc(NCC(=O)N3CCN(C4CCCC4)CC3)sc2cc2sc(N3CCCC3)nc12. The summed E-state index contributed by atoms with van der Waals surface area (Å²) >= 11 is 3.43. The number of rotatable bonds is 5. The molecule has 6 rings (SSSR count). The number of hydrogen-bond donors (Lipinski definition) is 1. The van der Waals surface area contributed by atoms with Gasteiger partial charge >= 0.3 is 0 Å². The summed E-state index contributed by atoms with van der Waals surface area (Å²) < 4.78 is 2.39. The minimum Gasteiger partial charge on any atom is -0.352 e. The number of carbonyl (C=O) groups excluding carboxylic acids is 1. The molecule has 0 bridgehead atoms. The van der Waals surface area contributed by atoms with E-state index in [2.05, 4.69) is 28.1 Å². The molecule has 1 amide bonds. The summed E-state index contributed by atoms with van der Waals surface area (Å²) in [6.45, 7) is 8.38. The Morgan fingerprint density at radius 2 is 1.67 bits per heavy atom. The molecule has 2 saturated heterocycles. The maximum Gasteiger partial charge on any atom is 0.242 e. The third-order valence-corrected chi connectivity index (χ3v) is 9.57. The first-order chi connectivity index (χ1) is 16.2. The number of amides is 1. The van der Waals surface area contributed by atoms with Crippen molar-refractivity contribution in [1.82, 2.24) is 19.8 Å². The van der Waals surface area contributed by atoms with Crippen LogP contribution in [-0.4, -0.2) is 77.5 Å². The van der Waals surface area contributed by atoms with Crippen LogP contribution in [0, 0.1) is 6.92 Å². The number of hydrogen-bond acceptors (Lipinski definition) is 8. The number of aryl methyl sites for hydroxylation is 1. The Kier molecular flexibility index (Phi) is 5.88. The molecule has 1 aromatic carbocycles. The van der Waals surface area contributed by atoms with Gasteiger partial charge in [-0.15, -0.1) is 0 Å². The van der Waals surface area contributed by atoms with E-state index in [1.54, 1.807) is 22.7 Å². The summed E-state index contributed by atoms with van der Waals surface area (Å²) in [5.41, 5.74) is 3.22. The molecule has 3 aromatic rings. The lowest BCUT2D eigenvalue weighted by Gasteiger charge is -2.38. The van der Waals surface area contributed by atoms with E-state index in [9.17, 15) is 4.79 Å². The molecule has 4 heterocycles. The summed E-state index contributed by atoms with van der Waals surface area (Å²) in [4.78, 5) is 29.6. The second-order valence-corrected chi connectivity index (χ2v) is 11.7. The fourth-order valence-corrected chi connectivity index (χ4v) is 7.76. The molecule has 0 atom stereocenters. The second kappa shape index (κ2) is 9.00. The zero-order valence-electron chi connectivity index (χ0n) is 19.3. The van der Waals surface area contributed by atoms with E-state index in [1.165, 1.54) is 43.2 Å². The van der Waals surface area contributed by atoms with E-state index >= 15 is 0 Å². The fraction of sp³-hybridized carbons (Fsp3) is 0.625. The minimum absolute atomic E-state index is 0.176. The van der Waals surface area contributed by atoms with Crippen LogP contribution in [0.25, 0.3) is 20.4 Å². The highest BCUT2D eigenvalue weighted by atomic mass is 32.1. The number of thiazole rings is 2. The molecule has 3 fully saturated rings. The molecular weight excluding hydrogens is 452 g/mol. The van der Waals surface area contributed by atoms with Crippen LogP contribution < -0.4 is 10.2 Å². The van der Waals surface area contributed by atoms with Crippen LogP contribution in [0.2, 0.25) is 0 Å². The maximum absolute atomic E-state index is 12.8. The lowest BCUT2D eigenvalue weighted by atomic mass is 10.2. The number of nitrogens with zero attached hydrogens (tertiary/aromatic N) is 5. The molecule has 0 spiro atoms. The van der Waals surface area contributed by atoms with Crippen molar-refractivity contribution in [3.8, 4) is 0 Å². The summed E-state index contributed by atoms with van der Waals surface area (Å²) in [5, 5.41) is 5.27. The first-order valence-corrected chi connectivity index (χ1v) is 14.0. The smallest absolute Gasteiger partial charge is 0.242 e. The van der Waals surface area contributed by atoms with Gasteiger partial charge in [-0.1, -0.05) is 35.5 Å². The molecule has 3 aliphatic rings. The number of carbonyl (C=O) groups is 1. The van der Waals surface area contributed by atoms with Gasteiger partial charge in [-0.25, -0.2) is 9.97 Å². The van der Waals surface area contributed by atoms with Crippen LogP contribution in [0.3, 0.4) is 0 Å². The van der Waals surface area contributed by atoms with Crippen molar-refractivity contribution in [2.24, 2.45) is 0 Å². The highest BCUT2D eigenvalue weighted by Crippen LogP contribution is 2.38. The summed E-state index contributed by atoms with van der Waals surface area (Å²) in [5.74, 6) is 0.176. The van der Waals surface area contributed by atoms with Crippen molar-refractivity contribution in [3.63, 3.8) is 0 Å². The van der Waals surface area contributed by atoms with Crippen molar-refractivity contribution in [2.75, 3.05) is 56.0 Å². The molecule has 1 N–H and O–H groups in total. The predicted molar refractivity (Wildman–Crippen MR) is 138 cm³/mol. The van der Waals surface area contributed by atoms with Gasteiger partial charge in [0.25, 0.3) is 0 Å². The zero-order chi connectivity index (χ0) is 22.4. The molecule has 9 heteroatoms. The van der Waals surface area contributed by atoms with E-state index in [0.717, 1.165) is 76.9 Å². The number of fused-ring (bicyclic) bond motifs is 2. The van der Waals surface area contributed by atoms with E-state index in [1.807, 2.05) is 4.90 Å². The van der Waals surface area contributed by atoms with Crippen molar-refractivity contribution >= 4 is 59.3 Å². The van der Waals surface area contributed by atoms with E-state index in [0.29, 0.717) is 6.54 Å². The Morgan fingerprint density at radius 3 is 2.42 bits per heavy atom. The van der Waals surface area contributed by atoms with Crippen molar-refractivity contribution < 1.29 is 4.79 Å². The highest BCUT2D eigenvalue weighted by molar-refractivity contribution is 7.24. The highest BCUT2D eigenvalue weighted by Gasteiger charge is 2.28. The molecular formula is C24H32N6OS2. The Hall–Kier alpha value is -1.97. The molecule has 176 valence electrons. The van der Waals surface area contributed by atoms with Gasteiger partial charge in [0.1, 0.15) is 0 Å².